The van der Waals surface area contributed by atoms with Crippen LogP contribution in [-0.4, -0.2) is 16.9 Å². The van der Waals surface area contributed by atoms with Gasteiger partial charge in [0.25, 0.3) is 0 Å². The van der Waals surface area contributed by atoms with Crippen LogP contribution in [0.3, 0.4) is 0 Å². The topological polar surface area (TPSA) is 77.3 Å². The predicted molar refractivity (Wildman–Crippen MR) is 133 cm³/mol. The zero-order chi connectivity index (χ0) is 24.6. The van der Waals surface area contributed by atoms with E-state index in [4.69, 9.17) is 41.9 Å². The molecule has 5 rings (SSSR count). The second-order valence-electron chi connectivity index (χ2n) is 8.58. The molecule has 0 amide bonds. The number of halogens is 2. The van der Waals surface area contributed by atoms with Gasteiger partial charge in [0.05, 0.1) is 15.6 Å². The fourth-order valence-corrected chi connectivity index (χ4v) is 4.33. The first-order valence-corrected chi connectivity index (χ1v) is 11.9. The van der Waals surface area contributed by atoms with E-state index >= 15 is 0 Å². The lowest BCUT2D eigenvalue weighted by atomic mass is 10.0. The minimum atomic E-state index is -1.14. The fourth-order valence-electron chi connectivity index (χ4n) is 3.75. The number of benzene rings is 3. The van der Waals surface area contributed by atoms with E-state index in [-0.39, 0.29) is 12.5 Å². The minimum absolute atomic E-state index is 0.102. The number of ether oxygens (including phenoxy) is 3. The van der Waals surface area contributed by atoms with Crippen LogP contribution >= 0.6 is 23.2 Å². The van der Waals surface area contributed by atoms with Gasteiger partial charge in [0.2, 0.25) is 5.79 Å². The van der Waals surface area contributed by atoms with Crippen LogP contribution in [0.1, 0.15) is 36.7 Å². The number of hydrogen-bond donors (Lipinski definition) is 1. The summed E-state index contributed by atoms with van der Waals surface area (Å²) in [4.78, 5) is 0. The Kier molecular flexibility index (Phi) is 6.47. The maximum absolute atomic E-state index is 9.99. The molecule has 0 bridgehead atoms. The second-order valence-corrected chi connectivity index (χ2v) is 9.40. The van der Waals surface area contributed by atoms with E-state index in [1.807, 2.05) is 38.1 Å². The van der Waals surface area contributed by atoms with Crippen LogP contribution < -0.4 is 9.47 Å². The first-order chi connectivity index (χ1) is 16.8. The zero-order valence-corrected chi connectivity index (χ0v) is 20.6. The van der Waals surface area contributed by atoms with Crippen LogP contribution in [0.25, 0.3) is 11.3 Å². The van der Waals surface area contributed by atoms with Crippen LogP contribution in [0, 0.1) is 0 Å². The predicted octanol–water partition coefficient (Wildman–Crippen LogP) is 7.32. The van der Waals surface area contributed by atoms with Crippen molar-refractivity contribution in [2.75, 3.05) is 6.61 Å². The van der Waals surface area contributed by atoms with Gasteiger partial charge in [0.15, 0.2) is 0 Å². The van der Waals surface area contributed by atoms with E-state index in [2.05, 4.69) is 5.16 Å². The number of aliphatic hydroxyl groups is 1. The summed E-state index contributed by atoms with van der Waals surface area (Å²) < 4.78 is 22.6. The normalized spacial score (nSPS) is 17.0. The lowest BCUT2D eigenvalue weighted by Crippen LogP contribution is -2.05. The van der Waals surface area contributed by atoms with Crippen molar-refractivity contribution in [3.05, 3.63) is 93.7 Å². The molecule has 1 atom stereocenters. The third-order valence-electron chi connectivity index (χ3n) is 5.71. The highest BCUT2D eigenvalue weighted by Gasteiger charge is 2.44. The van der Waals surface area contributed by atoms with Gasteiger partial charge in [-0.3, -0.25) is 0 Å². The molecule has 0 aliphatic carbocycles. The third-order valence-corrected chi connectivity index (χ3v) is 6.34. The van der Waals surface area contributed by atoms with Gasteiger partial charge >= 0.3 is 0 Å². The van der Waals surface area contributed by atoms with Crippen molar-refractivity contribution in [2.24, 2.45) is 0 Å². The van der Waals surface area contributed by atoms with E-state index in [0.717, 1.165) is 11.3 Å². The molecule has 180 valence electrons. The second kappa shape index (κ2) is 9.55. The minimum Gasteiger partial charge on any atom is -0.489 e. The summed E-state index contributed by atoms with van der Waals surface area (Å²) in [5.74, 6) is 1.65. The van der Waals surface area contributed by atoms with Crippen LogP contribution in [0.5, 0.6) is 17.2 Å². The largest absolute Gasteiger partial charge is 0.489 e. The Hall–Kier alpha value is -3.03. The van der Waals surface area contributed by atoms with Gasteiger partial charge < -0.3 is 23.8 Å². The molecule has 1 fully saturated rings. The quantitative estimate of drug-likeness (QED) is 0.249. The van der Waals surface area contributed by atoms with Crippen molar-refractivity contribution >= 4 is 23.2 Å². The SMILES string of the molecule is CC(C)c1onc(-c2c(Cl)cccc2Cl)c1COc1ccc(Oc2ccc(C3(O)CO3)cc2)cc1. The molecule has 2 heterocycles. The summed E-state index contributed by atoms with van der Waals surface area (Å²) in [5.41, 5.74) is 2.71. The number of epoxide rings is 1. The van der Waals surface area contributed by atoms with Crippen molar-refractivity contribution in [3.63, 3.8) is 0 Å². The van der Waals surface area contributed by atoms with Crippen molar-refractivity contribution in [1.29, 1.82) is 0 Å². The highest BCUT2D eigenvalue weighted by molar-refractivity contribution is 6.39. The Morgan fingerprint density at radius 3 is 2.09 bits per heavy atom. The highest BCUT2D eigenvalue weighted by atomic mass is 35.5. The van der Waals surface area contributed by atoms with E-state index < -0.39 is 5.79 Å². The van der Waals surface area contributed by atoms with Gasteiger partial charge in [0.1, 0.15) is 41.9 Å². The summed E-state index contributed by atoms with van der Waals surface area (Å²) >= 11 is 12.8. The zero-order valence-electron chi connectivity index (χ0n) is 19.1. The Labute approximate surface area is 212 Å². The van der Waals surface area contributed by atoms with Crippen LogP contribution in [0.2, 0.25) is 10.0 Å². The van der Waals surface area contributed by atoms with Crippen LogP contribution in [0.15, 0.2) is 71.3 Å². The molecule has 0 saturated carbocycles. The summed E-state index contributed by atoms with van der Waals surface area (Å²) in [6.07, 6.45) is 0. The van der Waals surface area contributed by atoms with Gasteiger partial charge in [-0.2, -0.15) is 0 Å². The molecule has 4 aromatic rings. The smallest absolute Gasteiger partial charge is 0.217 e. The molecule has 3 aromatic carbocycles. The van der Waals surface area contributed by atoms with Crippen LogP contribution in [0.4, 0.5) is 0 Å². The van der Waals surface area contributed by atoms with E-state index in [1.54, 1.807) is 42.5 Å². The van der Waals surface area contributed by atoms with Gasteiger partial charge in [-0.1, -0.05) is 48.3 Å². The molecule has 1 aliphatic heterocycles. The number of aromatic nitrogens is 1. The van der Waals surface area contributed by atoms with Gasteiger partial charge in [-0.15, -0.1) is 0 Å². The maximum atomic E-state index is 9.99. The first-order valence-electron chi connectivity index (χ1n) is 11.1. The summed E-state index contributed by atoms with van der Waals surface area (Å²) in [6.45, 7) is 4.60. The Bertz CT molecular complexity index is 1310. The van der Waals surface area contributed by atoms with Gasteiger partial charge in [-0.05, 0) is 60.7 Å². The summed E-state index contributed by atoms with van der Waals surface area (Å²) in [5, 5.41) is 15.2. The molecule has 1 unspecified atom stereocenters. The number of nitrogens with zero attached hydrogens (tertiary/aromatic N) is 1. The fraction of sp³-hybridized carbons (Fsp3) is 0.222. The van der Waals surface area contributed by atoms with E-state index in [1.165, 1.54) is 0 Å². The third kappa shape index (κ3) is 5.02. The molecule has 6 nitrogen and oxygen atoms in total. The molecule has 8 heteroatoms. The molecule has 0 spiro atoms. The van der Waals surface area contributed by atoms with Crippen LogP contribution in [-0.2, 0) is 17.1 Å². The van der Waals surface area contributed by atoms with Crippen molar-refractivity contribution in [2.45, 2.75) is 32.2 Å². The molecule has 0 radical (unpaired) electrons. The van der Waals surface area contributed by atoms with Gasteiger partial charge in [-0.25, -0.2) is 0 Å². The summed E-state index contributed by atoms with van der Waals surface area (Å²) in [7, 11) is 0. The van der Waals surface area contributed by atoms with Gasteiger partial charge in [0, 0.05) is 17.0 Å². The van der Waals surface area contributed by atoms with E-state index in [0.29, 0.717) is 50.7 Å². The molecule has 1 saturated heterocycles. The van der Waals surface area contributed by atoms with Crippen molar-refractivity contribution in [3.8, 4) is 28.5 Å². The molecule has 1 aromatic heterocycles. The van der Waals surface area contributed by atoms with Crippen molar-refractivity contribution < 1.29 is 23.8 Å². The lowest BCUT2D eigenvalue weighted by molar-refractivity contribution is 0.0334. The molecule has 35 heavy (non-hydrogen) atoms. The average Bonchev–Trinajstić information content (AvgIpc) is 3.45. The Balaban J connectivity index is 1.30. The number of hydrogen-bond acceptors (Lipinski definition) is 6. The lowest BCUT2D eigenvalue weighted by Gasteiger charge is -2.12. The molecular formula is C27H23Cl2NO5. The highest BCUT2D eigenvalue weighted by Crippen LogP contribution is 2.39. The standard InChI is InChI=1S/C27H23Cl2NO5/c1-16(2)26-21(25(30-35-26)24-22(28)4-3-5-23(24)29)14-32-18-10-12-20(13-11-18)34-19-8-6-17(7-9-19)27(31)15-33-27/h3-13,16,31H,14-15H2,1-2H3. The average molecular weight is 512 g/mol. The molecular weight excluding hydrogens is 489 g/mol. The Morgan fingerprint density at radius 2 is 1.51 bits per heavy atom. The first kappa shape index (κ1) is 23.7. The maximum Gasteiger partial charge on any atom is 0.217 e. The van der Waals surface area contributed by atoms with Crippen molar-refractivity contribution in [1.82, 2.24) is 5.16 Å². The molecule has 1 aliphatic rings. The summed E-state index contributed by atoms with van der Waals surface area (Å²) in [6, 6.07) is 19.8. The molecule has 1 N–H and O–H groups in total. The Morgan fingerprint density at radius 1 is 0.943 bits per heavy atom. The van der Waals surface area contributed by atoms with E-state index in [9.17, 15) is 5.11 Å². The monoisotopic (exact) mass is 511 g/mol. The number of rotatable bonds is 8.